The molecule has 0 spiro atoms. The third kappa shape index (κ3) is 2.81. The second-order valence-electron chi connectivity index (χ2n) is 6.77. The Hall–Kier alpha value is -2.89. The van der Waals surface area contributed by atoms with Gasteiger partial charge in [0.2, 0.25) is 0 Å². The van der Waals surface area contributed by atoms with Gasteiger partial charge in [-0.2, -0.15) is 5.10 Å². The van der Waals surface area contributed by atoms with Crippen molar-refractivity contribution in [2.24, 2.45) is 0 Å². The maximum Gasteiger partial charge on any atom is 0.258 e. The van der Waals surface area contributed by atoms with Crippen LogP contribution in [0.1, 0.15) is 46.9 Å². The van der Waals surface area contributed by atoms with E-state index in [1.165, 1.54) is 18.2 Å². The zero-order valence-corrected chi connectivity index (χ0v) is 14.6. The van der Waals surface area contributed by atoms with E-state index in [2.05, 4.69) is 17.1 Å². The minimum absolute atomic E-state index is 0.0850. The molecule has 0 radical (unpaired) electrons. The first-order chi connectivity index (χ1) is 12.6. The number of H-pyrrole nitrogens is 1. The largest absolute Gasteiger partial charge is 0.507 e. The molecule has 0 unspecified atom stereocenters. The molecule has 1 aliphatic heterocycles. The van der Waals surface area contributed by atoms with Gasteiger partial charge in [-0.1, -0.05) is 19.4 Å². The molecule has 2 N–H and O–H groups in total. The van der Waals surface area contributed by atoms with Crippen LogP contribution in [0.3, 0.4) is 0 Å². The molecule has 6 heteroatoms. The number of hydrogen-bond acceptors (Lipinski definition) is 3. The van der Waals surface area contributed by atoms with Crippen LogP contribution in [0.4, 0.5) is 4.39 Å². The Labute approximate surface area is 150 Å². The van der Waals surface area contributed by atoms with E-state index in [-0.39, 0.29) is 23.0 Å². The zero-order chi connectivity index (χ0) is 18.3. The molecular formula is C20H20FN3O2. The van der Waals surface area contributed by atoms with Crippen molar-refractivity contribution in [3.05, 3.63) is 58.5 Å². The first-order valence-corrected chi connectivity index (χ1v) is 8.83. The fourth-order valence-corrected chi connectivity index (χ4v) is 3.49. The van der Waals surface area contributed by atoms with E-state index in [0.29, 0.717) is 18.6 Å². The lowest BCUT2D eigenvalue weighted by molar-refractivity contribution is 0.0748. The minimum Gasteiger partial charge on any atom is -0.507 e. The van der Waals surface area contributed by atoms with Crippen LogP contribution in [0.2, 0.25) is 0 Å². The molecule has 1 amide bonds. The van der Waals surface area contributed by atoms with Crippen LogP contribution in [0, 0.1) is 5.82 Å². The van der Waals surface area contributed by atoms with Crippen molar-refractivity contribution in [3.63, 3.8) is 0 Å². The standard InChI is InChI=1S/C20H20FN3O2/c1-2-3-4-17-15-8-16(19(25)9-18(15)23-22-17)20(26)24-10-12-5-6-14(21)7-13(12)11-24/h5-9,25H,2-4,10-11H2,1H3,(H,22,23). The van der Waals surface area contributed by atoms with Crippen LogP contribution in [0.5, 0.6) is 5.75 Å². The van der Waals surface area contributed by atoms with Gasteiger partial charge in [0.25, 0.3) is 5.91 Å². The average Bonchev–Trinajstić information content (AvgIpc) is 3.21. The molecule has 3 aromatic rings. The van der Waals surface area contributed by atoms with E-state index < -0.39 is 0 Å². The molecule has 4 rings (SSSR count). The van der Waals surface area contributed by atoms with E-state index in [4.69, 9.17) is 0 Å². The number of amides is 1. The summed E-state index contributed by atoms with van der Waals surface area (Å²) >= 11 is 0. The van der Waals surface area contributed by atoms with Crippen molar-refractivity contribution in [1.82, 2.24) is 15.1 Å². The third-order valence-corrected chi connectivity index (χ3v) is 4.94. The average molecular weight is 353 g/mol. The maximum atomic E-state index is 13.4. The second-order valence-corrected chi connectivity index (χ2v) is 6.77. The molecule has 5 nitrogen and oxygen atoms in total. The Balaban J connectivity index is 1.65. The van der Waals surface area contributed by atoms with Crippen molar-refractivity contribution >= 4 is 16.8 Å². The van der Waals surface area contributed by atoms with E-state index in [9.17, 15) is 14.3 Å². The highest BCUT2D eigenvalue weighted by atomic mass is 19.1. The maximum absolute atomic E-state index is 13.4. The Kier molecular flexibility index (Phi) is 4.11. The summed E-state index contributed by atoms with van der Waals surface area (Å²) in [6.07, 6.45) is 2.93. The number of hydrogen-bond donors (Lipinski definition) is 2. The molecule has 0 atom stereocenters. The number of carbonyl (C=O) groups is 1. The van der Waals surface area contributed by atoms with Crippen LogP contribution < -0.4 is 0 Å². The SMILES string of the molecule is CCCCc1[nH]nc2cc(O)c(C(=O)N3Cc4ccc(F)cc4C3)cc12. The van der Waals surface area contributed by atoms with Crippen LogP contribution in [-0.2, 0) is 19.5 Å². The summed E-state index contributed by atoms with van der Waals surface area (Å²) in [5.74, 6) is -0.650. The highest BCUT2D eigenvalue weighted by molar-refractivity contribution is 6.01. The summed E-state index contributed by atoms with van der Waals surface area (Å²) in [4.78, 5) is 14.6. The van der Waals surface area contributed by atoms with Gasteiger partial charge in [0.1, 0.15) is 11.6 Å². The predicted octanol–water partition coefficient (Wildman–Crippen LogP) is 3.91. The number of aromatic nitrogens is 2. The number of fused-ring (bicyclic) bond motifs is 2. The number of aromatic hydroxyl groups is 1. The van der Waals surface area contributed by atoms with Crippen LogP contribution in [-0.4, -0.2) is 26.1 Å². The summed E-state index contributed by atoms with van der Waals surface area (Å²) in [5, 5.41) is 18.4. The molecule has 2 heterocycles. The molecule has 0 bridgehead atoms. The Morgan fingerprint density at radius 1 is 1.27 bits per heavy atom. The summed E-state index contributed by atoms with van der Waals surface area (Å²) in [6, 6.07) is 7.81. The molecule has 0 fully saturated rings. The van der Waals surface area contributed by atoms with E-state index >= 15 is 0 Å². The predicted molar refractivity (Wildman–Crippen MR) is 96.3 cm³/mol. The smallest absolute Gasteiger partial charge is 0.258 e. The number of halogens is 1. The van der Waals surface area contributed by atoms with Gasteiger partial charge in [0, 0.05) is 30.2 Å². The number of phenols is 1. The summed E-state index contributed by atoms with van der Waals surface area (Å²) in [7, 11) is 0. The minimum atomic E-state index is -0.304. The monoisotopic (exact) mass is 353 g/mol. The van der Waals surface area contributed by atoms with Gasteiger partial charge in [-0.25, -0.2) is 4.39 Å². The molecule has 2 aromatic carbocycles. The number of carbonyl (C=O) groups excluding carboxylic acids is 1. The Morgan fingerprint density at radius 3 is 2.88 bits per heavy atom. The van der Waals surface area contributed by atoms with Crippen molar-refractivity contribution < 1.29 is 14.3 Å². The molecule has 1 aliphatic rings. The quantitative estimate of drug-likeness (QED) is 0.747. The molecule has 0 aliphatic carbocycles. The lowest BCUT2D eigenvalue weighted by Crippen LogP contribution is -2.25. The highest BCUT2D eigenvalue weighted by Crippen LogP contribution is 2.31. The topological polar surface area (TPSA) is 69.2 Å². The number of aryl methyl sites for hydroxylation is 1. The number of nitrogens with one attached hydrogen (secondary N) is 1. The Bertz CT molecular complexity index is 996. The number of unbranched alkanes of at least 4 members (excludes halogenated alkanes) is 1. The van der Waals surface area contributed by atoms with Crippen LogP contribution >= 0.6 is 0 Å². The summed E-state index contributed by atoms with van der Waals surface area (Å²) in [5.41, 5.74) is 3.63. The number of phenolic OH excluding ortho intramolecular Hbond substituents is 1. The number of nitrogens with zero attached hydrogens (tertiary/aromatic N) is 2. The van der Waals surface area contributed by atoms with Gasteiger partial charge >= 0.3 is 0 Å². The fraction of sp³-hybridized carbons (Fsp3) is 0.300. The summed E-state index contributed by atoms with van der Waals surface area (Å²) < 4.78 is 13.4. The first-order valence-electron chi connectivity index (χ1n) is 8.83. The fourth-order valence-electron chi connectivity index (χ4n) is 3.49. The molecule has 0 saturated heterocycles. The van der Waals surface area contributed by atoms with Gasteiger partial charge in [-0.15, -0.1) is 0 Å². The Morgan fingerprint density at radius 2 is 2.08 bits per heavy atom. The van der Waals surface area contributed by atoms with E-state index in [1.54, 1.807) is 17.0 Å². The molecular weight excluding hydrogens is 333 g/mol. The second kappa shape index (κ2) is 6.44. The van der Waals surface area contributed by atoms with Gasteiger partial charge in [-0.05, 0) is 42.2 Å². The molecule has 1 aromatic heterocycles. The normalized spacial score (nSPS) is 13.4. The van der Waals surface area contributed by atoms with E-state index in [1.807, 2.05) is 0 Å². The van der Waals surface area contributed by atoms with Crippen LogP contribution in [0.25, 0.3) is 10.9 Å². The van der Waals surface area contributed by atoms with Crippen molar-refractivity contribution in [1.29, 1.82) is 0 Å². The number of benzene rings is 2. The number of aromatic amines is 1. The molecule has 0 saturated carbocycles. The van der Waals surface area contributed by atoms with Crippen molar-refractivity contribution in [2.75, 3.05) is 0 Å². The molecule has 134 valence electrons. The van der Waals surface area contributed by atoms with Gasteiger partial charge in [0.05, 0.1) is 11.1 Å². The molecule has 26 heavy (non-hydrogen) atoms. The van der Waals surface area contributed by atoms with Crippen molar-refractivity contribution in [2.45, 2.75) is 39.3 Å². The van der Waals surface area contributed by atoms with Crippen LogP contribution in [0.15, 0.2) is 30.3 Å². The van der Waals surface area contributed by atoms with E-state index in [0.717, 1.165) is 41.5 Å². The van der Waals surface area contributed by atoms with Crippen molar-refractivity contribution in [3.8, 4) is 5.75 Å². The first kappa shape index (κ1) is 16.6. The lowest BCUT2D eigenvalue weighted by Gasteiger charge is -2.16. The third-order valence-electron chi connectivity index (χ3n) is 4.94. The number of rotatable bonds is 4. The highest BCUT2D eigenvalue weighted by Gasteiger charge is 2.27. The van der Waals surface area contributed by atoms with Gasteiger partial charge in [0.15, 0.2) is 0 Å². The van der Waals surface area contributed by atoms with Gasteiger partial charge in [-0.3, -0.25) is 9.89 Å². The zero-order valence-electron chi connectivity index (χ0n) is 14.6. The van der Waals surface area contributed by atoms with Gasteiger partial charge < -0.3 is 10.0 Å². The lowest BCUT2D eigenvalue weighted by atomic mass is 10.1. The summed E-state index contributed by atoms with van der Waals surface area (Å²) in [6.45, 7) is 2.88.